The molecule has 0 aromatic carbocycles. The summed E-state index contributed by atoms with van der Waals surface area (Å²) in [6.07, 6.45) is 4.54. The van der Waals surface area contributed by atoms with Crippen molar-refractivity contribution in [1.29, 1.82) is 0 Å². The smallest absolute Gasteiger partial charge is 0.232 e. The zero-order valence-electron chi connectivity index (χ0n) is 10.5. The van der Waals surface area contributed by atoms with E-state index in [1.54, 1.807) is 11.8 Å². The van der Waals surface area contributed by atoms with Crippen LogP contribution in [0.1, 0.15) is 26.7 Å². The largest absolute Gasteiger partial charge is 0.339 e. The summed E-state index contributed by atoms with van der Waals surface area (Å²) in [5.74, 6) is 0.958. The highest BCUT2D eigenvalue weighted by atomic mass is 32.2. The van der Waals surface area contributed by atoms with Gasteiger partial charge in [0.25, 0.3) is 0 Å². The Bertz CT molecular complexity index is 276. The highest BCUT2D eigenvalue weighted by molar-refractivity contribution is 7.99. The first-order chi connectivity index (χ1) is 7.59. The van der Waals surface area contributed by atoms with Gasteiger partial charge in [-0.3, -0.25) is 9.69 Å². The fraction of sp³-hybridized carbons (Fsp3) is 0.917. The lowest BCUT2D eigenvalue weighted by atomic mass is 10.1. The Balaban J connectivity index is 1.97. The first-order valence-electron chi connectivity index (χ1n) is 6.12. The zero-order valence-corrected chi connectivity index (χ0v) is 11.3. The van der Waals surface area contributed by atoms with Gasteiger partial charge in [0.15, 0.2) is 0 Å². The molecule has 1 aliphatic carbocycles. The van der Waals surface area contributed by atoms with E-state index in [4.69, 9.17) is 0 Å². The molecule has 1 amide bonds. The van der Waals surface area contributed by atoms with Crippen LogP contribution in [-0.4, -0.2) is 58.9 Å². The van der Waals surface area contributed by atoms with Crippen LogP contribution in [-0.2, 0) is 4.79 Å². The van der Waals surface area contributed by atoms with Gasteiger partial charge in [-0.2, -0.15) is 11.8 Å². The molecule has 1 spiro atoms. The van der Waals surface area contributed by atoms with E-state index in [1.165, 1.54) is 12.8 Å². The summed E-state index contributed by atoms with van der Waals surface area (Å²) in [5.41, 5.74) is 0.348. The molecule has 0 bridgehead atoms. The van der Waals surface area contributed by atoms with Gasteiger partial charge < -0.3 is 4.90 Å². The quantitative estimate of drug-likeness (QED) is 0.748. The third-order valence-corrected chi connectivity index (χ3v) is 4.31. The van der Waals surface area contributed by atoms with E-state index in [2.05, 4.69) is 23.6 Å². The fourth-order valence-electron chi connectivity index (χ4n) is 2.81. The van der Waals surface area contributed by atoms with Gasteiger partial charge in [0.1, 0.15) is 0 Å². The molecular weight excluding hydrogens is 220 g/mol. The van der Waals surface area contributed by atoms with Crippen LogP contribution in [0.3, 0.4) is 0 Å². The average molecular weight is 242 g/mol. The first kappa shape index (κ1) is 12.2. The Kier molecular flexibility index (Phi) is 3.50. The number of rotatable bonds is 3. The summed E-state index contributed by atoms with van der Waals surface area (Å²) < 4.78 is 0. The Labute approximate surface area is 103 Å². The molecule has 4 heteroatoms. The van der Waals surface area contributed by atoms with E-state index in [0.717, 1.165) is 19.6 Å². The number of thioether (sulfide) groups is 1. The molecule has 0 N–H and O–H groups in total. The molecule has 1 saturated carbocycles. The maximum absolute atomic E-state index is 11.9. The standard InChI is InChI=1S/C12H22N2OS/c1-10(2)14-7-6-13(11(15)8-16-3)9-12(14)4-5-12/h10H,4-9H2,1-3H3. The van der Waals surface area contributed by atoms with Gasteiger partial charge in [0.05, 0.1) is 5.75 Å². The van der Waals surface area contributed by atoms with Crippen molar-refractivity contribution in [1.82, 2.24) is 9.80 Å². The van der Waals surface area contributed by atoms with Crippen molar-refractivity contribution < 1.29 is 4.79 Å². The van der Waals surface area contributed by atoms with Crippen molar-refractivity contribution in [2.45, 2.75) is 38.3 Å². The molecule has 92 valence electrons. The number of hydrogen-bond donors (Lipinski definition) is 0. The third-order valence-electron chi connectivity index (χ3n) is 3.78. The van der Waals surface area contributed by atoms with E-state index in [1.807, 2.05) is 6.26 Å². The predicted molar refractivity (Wildman–Crippen MR) is 68.8 cm³/mol. The van der Waals surface area contributed by atoms with Crippen LogP contribution < -0.4 is 0 Å². The molecule has 3 nitrogen and oxygen atoms in total. The van der Waals surface area contributed by atoms with Crippen LogP contribution in [0.25, 0.3) is 0 Å². The molecule has 2 rings (SSSR count). The van der Waals surface area contributed by atoms with E-state index < -0.39 is 0 Å². The van der Waals surface area contributed by atoms with Crippen molar-refractivity contribution in [2.75, 3.05) is 31.6 Å². The summed E-state index contributed by atoms with van der Waals surface area (Å²) in [6, 6.07) is 0.611. The molecule has 2 aliphatic rings. The summed E-state index contributed by atoms with van der Waals surface area (Å²) in [5, 5.41) is 0. The SMILES string of the molecule is CSCC(=O)N1CCN(C(C)C)C2(CC2)C1. The summed E-state index contributed by atoms with van der Waals surface area (Å²) in [4.78, 5) is 16.5. The van der Waals surface area contributed by atoms with Gasteiger partial charge in [0.2, 0.25) is 5.91 Å². The Morgan fingerprint density at radius 1 is 1.38 bits per heavy atom. The molecule has 0 aromatic rings. The van der Waals surface area contributed by atoms with Crippen molar-refractivity contribution in [3.63, 3.8) is 0 Å². The Morgan fingerprint density at radius 2 is 2.06 bits per heavy atom. The van der Waals surface area contributed by atoms with Crippen molar-refractivity contribution in [2.24, 2.45) is 0 Å². The Hall–Kier alpha value is -0.220. The summed E-state index contributed by atoms with van der Waals surface area (Å²) in [7, 11) is 0. The molecule has 2 fully saturated rings. The molecule has 0 aromatic heterocycles. The number of nitrogens with zero attached hydrogens (tertiary/aromatic N) is 2. The maximum atomic E-state index is 11.9. The van der Waals surface area contributed by atoms with Crippen molar-refractivity contribution >= 4 is 17.7 Å². The van der Waals surface area contributed by atoms with Crippen LogP contribution in [0.5, 0.6) is 0 Å². The van der Waals surface area contributed by atoms with Crippen LogP contribution >= 0.6 is 11.8 Å². The normalized spacial score (nSPS) is 24.1. The monoisotopic (exact) mass is 242 g/mol. The molecule has 0 unspecified atom stereocenters. The number of piperazine rings is 1. The van der Waals surface area contributed by atoms with Crippen LogP contribution in [0.2, 0.25) is 0 Å². The van der Waals surface area contributed by atoms with Gasteiger partial charge in [-0.25, -0.2) is 0 Å². The minimum absolute atomic E-state index is 0.321. The summed E-state index contributed by atoms with van der Waals surface area (Å²) >= 11 is 1.63. The lowest BCUT2D eigenvalue weighted by Gasteiger charge is -2.44. The second-order valence-corrected chi connectivity index (χ2v) is 6.13. The highest BCUT2D eigenvalue weighted by Crippen LogP contribution is 2.45. The molecule has 0 atom stereocenters. The predicted octanol–water partition coefficient (Wildman–Crippen LogP) is 1.43. The second kappa shape index (κ2) is 4.57. The number of carbonyl (C=O) groups excluding carboxylic acids is 1. The van der Waals surface area contributed by atoms with Gasteiger partial charge in [-0.15, -0.1) is 0 Å². The van der Waals surface area contributed by atoms with Gasteiger partial charge in [-0.05, 0) is 32.9 Å². The minimum Gasteiger partial charge on any atom is -0.339 e. The van der Waals surface area contributed by atoms with Crippen molar-refractivity contribution in [3.05, 3.63) is 0 Å². The highest BCUT2D eigenvalue weighted by Gasteiger charge is 2.52. The number of hydrogen-bond acceptors (Lipinski definition) is 3. The van der Waals surface area contributed by atoms with Crippen LogP contribution in [0.15, 0.2) is 0 Å². The molecule has 1 aliphatic heterocycles. The molecule has 0 radical (unpaired) electrons. The second-order valence-electron chi connectivity index (χ2n) is 5.26. The molecular formula is C12H22N2OS. The topological polar surface area (TPSA) is 23.6 Å². The first-order valence-corrected chi connectivity index (χ1v) is 7.52. The van der Waals surface area contributed by atoms with Gasteiger partial charge >= 0.3 is 0 Å². The van der Waals surface area contributed by atoms with E-state index >= 15 is 0 Å². The number of carbonyl (C=O) groups is 1. The molecule has 1 heterocycles. The van der Waals surface area contributed by atoms with E-state index in [-0.39, 0.29) is 0 Å². The maximum Gasteiger partial charge on any atom is 0.232 e. The van der Waals surface area contributed by atoms with Crippen LogP contribution in [0.4, 0.5) is 0 Å². The van der Waals surface area contributed by atoms with Gasteiger partial charge in [0, 0.05) is 31.2 Å². The van der Waals surface area contributed by atoms with Gasteiger partial charge in [-0.1, -0.05) is 0 Å². The fourth-order valence-corrected chi connectivity index (χ4v) is 3.24. The minimum atomic E-state index is 0.321. The zero-order chi connectivity index (χ0) is 11.8. The van der Waals surface area contributed by atoms with Crippen LogP contribution in [0, 0.1) is 0 Å². The average Bonchev–Trinajstić information content (AvgIpc) is 2.98. The van der Waals surface area contributed by atoms with Crippen molar-refractivity contribution in [3.8, 4) is 0 Å². The Morgan fingerprint density at radius 3 is 2.56 bits per heavy atom. The molecule has 16 heavy (non-hydrogen) atoms. The summed E-state index contributed by atoms with van der Waals surface area (Å²) in [6.45, 7) is 7.46. The van der Waals surface area contributed by atoms with E-state index in [9.17, 15) is 4.79 Å². The lowest BCUT2D eigenvalue weighted by molar-refractivity contribution is -0.132. The molecule has 1 saturated heterocycles. The third kappa shape index (κ3) is 2.23. The van der Waals surface area contributed by atoms with E-state index in [0.29, 0.717) is 23.2 Å². The lowest BCUT2D eigenvalue weighted by Crippen LogP contribution is -2.58. The number of amides is 1.